The lowest BCUT2D eigenvalue weighted by Gasteiger charge is -2.15. The van der Waals surface area contributed by atoms with E-state index in [0.29, 0.717) is 28.4 Å². The Hall–Kier alpha value is -3.54. The Bertz CT molecular complexity index is 1390. The van der Waals surface area contributed by atoms with Crippen LogP contribution in [0.15, 0.2) is 55.1 Å². The highest BCUT2D eigenvalue weighted by Gasteiger charge is 2.20. The summed E-state index contributed by atoms with van der Waals surface area (Å²) in [6.07, 6.45) is 6.09. The lowest BCUT2D eigenvalue weighted by Crippen LogP contribution is -2.22. The number of hydrogen-bond donors (Lipinski definition) is 2. The van der Waals surface area contributed by atoms with Crippen LogP contribution in [0.5, 0.6) is 11.5 Å². The number of nitrogens with zero attached hydrogens (tertiary/aromatic N) is 3. The maximum Gasteiger partial charge on any atom is 0.323 e. The predicted octanol–water partition coefficient (Wildman–Crippen LogP) is 7.11. The molecule has 12 heteroatoms. The number of nitrogens with one attached hydrogen (secondary N) is 2. The van der Waals surface area contributed by atoms with E-state index in [1.165, 1.54) is 18.5 Å². The molecule has 0 fully saturated rings. The summed E-state index contributed by atoms with van der Waals surface area (Å²) in [5.74, 6) is -2.52. The van der Waals surface area contributed by atoms with Crippen LogP contribution in [0, 0.1) is 11.6 Å². The van der Waals surface area contributed by atoms with Crippen LogP contribution in [0.3, 0.4) is 0 Å². The number of amides is 2. The standard InChI is InChI=1S/C25H26ClF2N5O3Si/c1-37(2,3)10-9-35-15-33-14-18(26)22-21(6-8-30-24(22)33)36-23-19(27)11-17(12-20(23)28)32-25(34)31-16-5-4-7-29-13-16/h4-8,11-14H,9-10,15H2,1-3H3,(H2,31,32,34). The van der Waals surface area contributed by atoms with Crippen LogP contribution >= 0.6 is 11.6 Å². The first kappa shape index (κ1) is 26.5. The van der Waals surface area contributed by atoms with Gasteiger partial charge in [0.15, 0.2) is 17.4 Å². The van der Waals surface area contributed by atoms with Gasteiger partial charge < -0.3 is 24.7 Å². The van der Waals surface area contributed by atoms with Gasteiger partial charge in [-0.05, 0) is 24.2 Å². The molecule has 8 nitrogen and oxygen atoms in total. The van der Waals surface area contributed by atoms with E-state index in [2.05, 4.69) is 40.2 Å². The van der Waals surface area contributed by atoms with Crippen molar-refractivity contribution >= 4 is 48.1 Å². The predicted molar refractivity (Wildman–Crippen MR) is 142 cm³/mol. The summed E-state index contributed by atoms with van der Waals surface area (Å²) in [5.41, 5.74) is 0.790. The van der Waals surface area contributed by atoms with Crippen molar-refractivity contribution in [2.45, 2.75) is 32.4 Å². The molecule has 1 aromatic carbocycles. The number of rotatable bonds is 9. The number of carbonyl (C=O) groups excluding carboxylic acids is 1. The van der Waals surface area contributed by atoms with E-state index in [-0.39, 0.29) is 18.2 Å². The average Bonchev–Trinajstić information content (AvgIpc) is 3.15. The van der Waals surface area contributed by atoms with E-state index in [9.17, 15) is 13.6 Å². The molecule has 0 saturated heterocycles. The molecule has 3 aromatic heterocycles. The quantitative estimate of drug-likeness (QED) is 0.173. The van der Waals surface area contributed by atoms with Gasteiger partial charge in [0.05, 0.1) is 22.3 Å². The monoisotopic (exact) mass is 545 g/mol. The van der Waals surface area contributed by atoms with Crippen molar-refractivity contribution in [1.29, 1.82) is 0 Å². The van der Waals surface area contributed by atoms with Crippen molar-refractivity contribution in [2.24, 2.45) is 0 Å². The Kier molecular flexibility index (Phi) is 8.06. The third kappa shape index (κ3) is 6.82. The summed E-state index contributed by atoms with van der Waals surface area (Å²) in [6.45, 7) is 7.64. The molecular formula is C25H26ClF2N5O3Si. The topological polar surface area (TPSA) is 90.3 Å². The molecule has 0 atom stereocenters. The summed E-state index contributed by atoms with van der Waals surface area (Å²) >= 11 is 6.43. The molecule has 0 bridgehead atoms. The molecule has 2 amide bonds. The Morgan fingerprint density at radius 1 is 1.11 bits per heavy atom. The normalized spacial score (nSPS) is 11.5. The fraction of sp³-hybridized carbons (Fsp3) is 0.240. The molecule has 37 heavy (non-hydrogen) atoms. The zero-order chi connectivity index (χ0) is 26.6. The summed E-state index contributed by atoms with van der Waals surface area (Å²) in [5, 5.41) is 5.60. The van der Waals surface area contributed by atoms with Crippen LogP contribution in [-0.4, -0.2) is 35.2 Å². The van der Waals surface area contributed by atoms with Gasteiger partial charge in [0.25, 0.3) is 0 Å². The minimum Gasteiger partial charge on any atom is -0.450 e. The first-order valence-corrected chi connectivity index (χ1v) is 15.6. The zero-order valence-corrected chi connectivity index (χ0v) is 22.3. The second kappa shape index (κ2) is 11.2. The van der Waals surface area contributed by atoms with E-state index in [1.807, 2.05) is 0 Å². The number of benzene rings is 1. The van der Waals surface area contributed by atoms with Gasteiger partial charge in [-0.2, -0.15) is 0 Å². The minimum atomic E-state index is -1.23. The number of fused-ring (bicyclic) bond motifs is 1. The van der Waals surface area contributed by atoms with Gasteiger partial charge in [0.2, 0.25) is 0 Å². The Morgan fingerprint density at radius 2 is 1.84 bits per heavy atom. The molecule has 0 spiro atoms. The van der Waals surface area contributed by atoms with Gasteiger partial charge in [-0.25, -0.2) is 18.6 Å². The number of halogens is 3. The summed E-state index contributed by atoms with van der Waals surface area (Å²) in [6, 6.07) is 6.97. The molecule has 0 aliphatic rings. The van der Waals surface area contributed by atoms with Gasteiger partial charge in [-0.15, -0.1) is 0 Å². The molecule has 0 unspecified atom stereocenters. The summed E-state index contributed by atoms with van der Waals surface area (Å²) in [4.78, 5) is 20.4. The van der Waals surface area contributed by atoms with Crippen molar-refractivity contribution in [2.75, 3.05) is 17.2 Å². The van der Waals surface area contributed by atoms with Gasteiger partial charge in [-0.1, -0.05) is 31.2 Å². The van der Waals surface area contributed by atoms with E-state index in [4.69, 9.17) is 21.1 Å². The van der Waals surface area contributed by atoms with Crippen LogP contribution < -0.4 is 15.4 Å². The minimum absolute atomic E-state index is 0.0942. The SMILES string of the molecule is C[Si](C)(C)CCOCn1cc(Cl)c2c(Oc3c(F)cc(NC(=O)Nc4cccnc4)cc3F)ccnc21. The van der Waals surface area contributed by atoms with Crippen LogP contribution in [0.25, 0.3) is 11.0 Å². The largest absolute Gasteiger partial charge is 0.450 e. The van der Waals surface area contributed by atoms with Crippen molar-refractivity contribution < 1.29 is 23.0 Å². The Labute approximate surface area is 218 Å². The van der Waals surface area contributed by atoms with Crippen LogP contribution in [0.1, 0.15) is 0 Å². The molecule has 0 saturated carbocycles. The molecule has 0 radical (unpaired) electrons. The molecule has 3 heterocycles. The summed E-state index contributed by atoms with van der Waals surface area (Å²) in [7, 11) is -1.23. The third-order valence-electron chi connectivity index (χ3n) is 5.29. The van der Waals surface area contributed by atoms with Crippen molar-refractivity contribution in [1.82, 2.24) is 14.5 Å². The number of hydrogen-bond acceptors (Lipinski definition) is 5. The number of ether oxygens (including phenoxy) is 2. The van der Waals surface area contributed by atoms with E-state index in [1.54, 1.807) is 29.1 Å². The first-order chi connectivity index (χ1) is 17.6. The lowest BCUT2D eigenvalue weighted by molar-refractivity contribution is 0.0899. The highest BCUT2D eigenvalue weighted by atomic mass is 35.5. The maximum absolute atomic E-state index is 14.9. The van der Waals surface area contributed by atoms with E-state index >= 15 is 0 Å². The Morgan fingerprint density at radius 3 is 2.51 bits per heavy atom. The van der Waals surface area contributed by atoms with Gasteiger partial charge in [-0.3, -0.25) is 4.98 Å². The number of pyridine rings is 2. The van der Waals surface area contributed by atoms with Crippen LogP contribution in [-0.2, 0) is 11.5 Å². The molecule has 4 rings (SSSR count). The van der Waals surface area contributed by atoms with Gasteiger partial charge >= 0.3 is 6.03 Å². The highest BCUT2D eigenvalue weighted by Crippen LogP contribution is 2.37. The van der Waals surface area contributed by atoms with E-state index in [0.717, 1.165) is 18.2 Å². The molecule has 2 N–H and O–H groups in total. The fourth-order valence-electron chi connectivity index (χ4n) is 3.43. The second-order valence-electron chi connectivity index (χ2n) is 9.49. The number of anilines is 2. The van der Waals surface area contributed by atoms with Gasteiger partial charge in [0.1, 0.15) is 18.1 Å². The molecular weight excluding hydrogens is 520 g/mol. The third-order valence-corrected chi connectivity index (χ3v) is 7.28. The lowest BCUT2D eigenvalue weighted by atomic mass is 10.2. The average molecular weight is 546 g/mol. The maximum atomic E-state index is 14.9. The second-order valence-corrected chi connectivity index (χ2v) is 15.5. The van der Waals surface area contributed by atoms with E-state index < -0.39 is 31.5 Å². The first-order valence-electron chi connectivity index (χ1n) is 11.5. The van der Waals surface area contributed by atoms with Crippen LogP contribution in [0.2, 0.25) is 30.7 Å². The number of carbonyl (C=O) groups is 1. The highest BCUT2D eigenvalue weighted by molar-refractivity contribution is 6.76. The molecule has 194 valence electrons. The zero-order valence-electron chi connectivity index (χ0n) is 20.5. The molecule has 4 aromatic rings. The van der Waals surface area contributed by atoms with Crippen molar-refractivity contribution in [3.8, 4) is 11.5 Å². The summed E-state index contributed by atoms with van der Waals surface area (Å²) < 4.78 is 42.9. The van der Waals surface area contributed by atoms with Crippen molar-refractivity contribution in [3.05, 3.63) is 71.8 Å². The smallest absolute Gasteiger partial charge is 0.323 e. The Balaban J connectivity index is 1.50. The number of aromatic nitrogens is 3. The van der Waals surface area contributed by atoms with Crippen molar-refractivity contribution in [3.63, 3.8) is 0 Å². The molecule has 0 aliphatic carbocycles. The molecule has 0 aliphatic heterocycles. The van der Waals surface area contributed by atoms with Gasteiger partial charge in [0, 0.05) is 51.1 Å². The van der Waals surface area contributed by atoms with Crippen LogP contribution in [0.4, 0.5) is 25.0 Å². The number of urea groups is 1. The fourth-order valence-corrected chi connectivity index (χ4v) is 4.48.